The second kappa shape index (κ2) is 4.81. The first-order valence-electron chi connectivity index (χ1n) is 2.94. The van der Waals surface area contributed by atoms with Crippen molar-refractivity contribution in [3.05, 3.63) is 0 Å². The number of rotatable bonds is 0. The zero-order valence-electron chi connectivity index (χ0n) is 5.76. The molecule has 0 aliphatic carbocycles. The van der Waals surface area contributed by atoms with E-state index < -0.39 is 21.2 Å². The van der Waals surface area contributed by atoms with Crippen molar-refractivity contribution >= 4 is 21.2 Å². The van der Waals surface area contributed by atoms with Gasteiger partial charge < -0.3 is 0 Å². The molecule has 0 saturated carbocycles. The molecule has 68 valence electrons. The third-order valence-electron chi connectivity index (χ3n) is 1.16. The van der Waals surface area contributed by atoms with Crippen LogP contribution in [0.3, 0.4) is 0 Å². The van der Waals surface area contributed by atoms with Gasteiger partial charge in [-0.3, -0.25) is 9.11 Å². The highest BCUT2D eigenvalue weighted by Crippen LogP contribution is 2.08. The molecular weight excluding hydrogens is 192 g/mol. The molecule has 0 amide bonds. The van der Waals surface area contributed by atoms with Crippen LogP contribution in [-0.4, -0.2) is 33.2 Å². The molecule has 0 aromatic rings. The second-order valence-electron chi connectivity index (χ2n) is 2.09. The second-order valence-corrected chi connectivity index (χ2v) is 4.85. The van der Waals surface area contributed by atoms with Crippen LogP contribution in [0.2, 0.25) is 0 Å². The van der Waals surface area contributed by atoms with E-state index in [2.05, 4.69) is 0 Å². The van der Waals surface area contributed by atoms with E-state index in [1.54, 1.807) is 0 Å². The van der Waals surface area contributed by atoms with E-state index in [1.165, 1.54) is 0 Å². The summed E-state index contributed by atoms with van der Waals surface area (Å²) in [4.78, 5) is 0. The predicted molar refractivity (Wildman–Crippen MR) is 41.3 cm³/mol. The van der Waals surface area contributed by atoms with Crippen molar-refractivity contribution < 1.29 is 21.7 Å². The van der Waals surface area contributed by atoms with E-state index in [0.717, 1.165) is 12.8 Å². The van der Waals surface area contributed by atoms with E-state index in [4.69, 9.17) is 13.3 Å². The molecule has 1 saturated heterocycles. The summed E-state index contributed by atoms with van der Waals surface area (Å²) in [5.74, 6) is 0.847. The van der Waals surface area contributed by atoms with Gasteiger partial charge in [0.05, 0.1) is 11.5 Å². The Morgan fingerprint density at radius 1 is 1.09 bits per heavy atom. The fraction of sp³-hybridized carbons (Fsp3) is 1.00. The minimum atomic E-state index is -2.61. The van der Waals surface area contributed by atoms with Gasteiger partial charge in [0.2, 0.25) is 0 Å². The Labute approximate surface area is 67.8 Å². The molecule has 0 unspecified atom stereocenters. The maximum absolute atomic E-state index is 10.4. The van der Waals surface area contributed by atoms with Crippen LogP contribution in [0, 0.1) is 0 Å². The fourth-order valence-corrected chi connectivity index (χ4v) is 2.24. The van der Waals surface area contributed by atoms with Crippen molar-refractivity contribution in [3.8, 4) is 0 Å². The molecule has 0 radical (unpaired) electrons. The van der Waals surface area contributed by atoms with E-state index in [0.29, 0.717) is 11.5 Å². The standard InChI is InChI=1S/C4H8O2S.H2O3S/c5-7(6)3-1-2-4-7;1-4(2)3/h1-4H2;(H2,1,2,3). The Kier molecular flexibility index (Phi) is 4.82. The lowest BCUT2D eigenvalue weighted by atomic mass is 10.4. The largest absolute Gasteiger partial charge is 0.299 e. The van der Waals surface area contributed by atoms with Crippen LogP contribution in [-0.2, 0) is 21.2 Å². The van der Waals surface area contributed by atoms with Crippen molar-refractivity contribution in [1.29, 1.82) is 0 Å². The fourth-order valence-electron chi connectivity index (χ4n) is 0.746. The first-order valence-corrected chi connectivity index (χ1v) is 5.83. The maximum atomic E-state index is 10.4. The summed E-state index contributed by atoms with van der Waals surface area (Å²) in [6, 6.07) is 0. The molecule has 1 rings (SSSR count). The normalized spacial score (nSPS) is 21.0. The molecule has 0 spiro atoms. The van der Waals surface area contributed by atoms with Gasteiger partial charge in [-0.25, -0.2) is 8.42 Å². The summed E-state index contributed by atoms with van der Waals surface area (Å²) < 4.78 is 43.7. The van der Waals surface area contributed by atoms with E-state index in [9.17, 15) is 8.42 Å². The van der Waals surface area contributed by atoms with Crippen molar-refractivity contribution in [1.82, 2.24) is 0 Å². The van der Waals surface area contributed by atoms with Crippen LogP contribution in [0.5, 0.6) is 0 Å². The van der Waals surface area contributed by atoms with Crippen LogP contribution in [0.1, 0.15) is 12.8 Å². The average molecular weight is 202 g/mol. The van der Waals surface area contributed by atoms with Gasteiger partial charge in [0.1, 0.15) is 9.84 Å². The van der Waals surface area contributed by atoms with Crippen LogP contribution in [0.25, 0.3) is 0 Å². The van der Waals surface area contributed by atoms with Crippen LogP contribution < -0.4 is 0 Å². The van der Waals surface area contributed by atoms with Gasteiger partial charge in [-0.1, -0.05) is 0 Å². The molecule has 0 bridgehead atoms. The molecule has 1 fully saturated rings. The topological polar surface area (TPSA) is 91.7 Å². The smallest absolute Gasteiger partial charge is 0.284 e. The molecule has 1 aliphatic rings. The molecular formula is C4H10O5S2. The summed E-state index contributed by atoms with van der Waals surface area (Å²) in [7, 11) is -2.55. The lowest BCUT2D eigenvalue weighted by Crippen LogP contribution is -1.98. The summed E-state index contributed by atoms with van der Waals surface area (Å²) in [6.45, 7) is 0. The third-order valence-corrected chi connectivity index (χ3v) is 2.98. The summed E-state index contributed by atoms with van der Waals surface area (Å²) in [5, 5.41) is 0. The van der Waals surface area contributed by atoms with Crippen molar-refractivity contribution in [2.45, 2.75) is 12.8 Å². The zero-order valence-corrected chi connectivity index (χ0v) is 7.40. The van der Waals surface area contributed by atoms with Gasteiger partial charge >= 0.3 is 0 Å². The maximum Gasteiger partial charge on any atom is 0.299 e. The Balaban J connectivity index is 0.000000218. The van der Waals surface area contributed by atoms with Crippen molar-refractivity contribution in [3.63, 3.8) is 0 Å². The van der Waals surface area contributed by atoms with Gasteiger partial charge in [0.15, 0.2) is 0 Å². The summed E-state index contributed by atoms with van der Waals surface area (Å²) >= 11 is -2.61. The van der Waals surface area contributed by atoms with Crippen LogP contribution >= 0.6 is 0 Å². The Morgan fingerprint density at radius 3 is 1.45 bits per heavy atom. The summed E-state index contributed by atoms with van der Waals surface area (Å²) in [5.41, 5.74) is 0. The summed E-state index contributed by atoms with van der Waals surface area (Å²) in [6.07, 6.45) is 1.75. The first-order chi connectivity index (χ1) is 4.94. The SMILES string of the molecule is O=S(O)O.O=S1(=O)CCCC1. The van der Waals surface area contributed by atoms with Gasteiger partial charge in [0.25, 0.3) is 11.4 Å². The minimum Gasteiger partial charge on any atom is -0.284 e. The first kappa shape index (κ1) is 11.0. The molecule has 11 heavy (non-hydrogen) atoms. The zero-order chi connectivity index (χ0) is 8.91. The van der Waals surface area contributed by atoms with Gasteiger partial charge in [-0.15, -0.1) is 0 Å². The monoisotopic (exact) mass is 202 g/mol. The van der Waals surface area contributed by atoms with Crippen LogP contribution in [0.4, 0.5) is 0 Å². The van der Waals surface area contributed by atoms with Crippen molar-refractivity contribution in [2.75, 3.05) is 11.5 Å². The molecule has 5 nitrogen and oxygen atoms in total. The highest BCUT2D eigenvalue weighted by atomic mass is 32.2. The third kappa shape index (κ3) is 7.92. The quantitative estimate of drug-likeness (QED) is 0.534. The lowest BCUT2D eigenvalue weighted by molar-refractivity contribution is 0.454. The molecule has 1 aliphatic heterocycles. The highest BCUT2D eigenvalue weighted by molar-refractivity contribution is 7.91. The predicted octanol–water partition coefficient (Wildman–Crippen LogP) is -0.124. The van der Waals surface area contributed by atoms with Crippen molar-refractivity contribution in [2.24, 2.45) is 0 Å². The number of sulfone groups is 1. The van der Waals surface area contributed by atoms with Gasteiger partial charge in [-0.05, 0) is 12.8 Å². The Hall–Kier alpha value is 0.0200. The molecule has 0 aromatic carbocycles. The molecule has 7 heteroatoms. The Morgan fingerprint density at radius 2 is 1.36 bits per heavy atom. The van der Waals surface area contributed by atoms with E-state index in [-0.39, 0.29) is 0 Å². The van der Waals surface area contributed by atoms with E-state index in [1.807, 2.05) is 0 Å². The van der Waals surface area contributed by atoms with Crippen LogP contribution in [0.15, 0.2) is 0 Å². The van der Waals surface area contributed by atoms with Gasteiger partial charge in [-0.2, -0.15) is 4.21 Å². The molecule has 2 N–H and O–H groups in total. The average Bonchev–Trinajstić information content (AvgIpc) is 2.11. The molecule has 0 atom stereocenters. The lowest BCUT2D eigenvalue weighted by Gasteiger charge is -1.81. The molecule has 1 heterocycles. The van der Waals surface area contributed by atoms with E-state index >= 15 is 0 Å². The molecule has 0 aromatic heterocycles. The number of hydrogen-bond donors (Lipinski definition) is 2. The van der Waals surface area contributed by atoms with Gasteiger partial charge in [0, 0.05) is 0 Å². The number of hydrogen-bond acceptors (Lipinski definition) is 3. The Bertz CT molecular complexity index is 203. The minimum absolute atomic E-state index is 0.424. The highest BCUT2D eigenvalue weighted by Gasteiger charge is 2.16.